The highest BCUT2D eigenvalue weighted by Gasteiger charge is 2.06. The molecule has 1 aromatic carbocycles. The Hall–Kier alpha value is -1.00. The first kappa shape index (κ1) is 10.5. The molecule has 0 bridgehead atoms. The maximum atomic E-state index is 5.57. The van der Waals surface area contributed by atoms with E-state index in [-0.39, 0.29) is 0 Å². The lowest BCUT2D eigenvalue weighted by Gasteiger charge is -2.06. The van der Waals surface area contributed by atoms with Crippen LogP contribution in [-0.2, 0) is 6.42 Å². The SMILES string of the molecule is Cc1nc(CCN)c2cccc(Br)c2n1. The third-order valence-corrected chi connectivity index (χ3v) is 2.89. The molecule has 1 heterocycles. The summed E-state index contributed by atoms with van der Waals surface area (Å²) in [5, 5.41) is 1.08. The van der Waals surface area contributed by atoms with Gasteiger partial charge in [0.25, 0.3) is 0 Å². The van der Waals surface area contributed by atoms with Crippen LogP contribution < -0.4 is 5.73 Å². The van der Waals surface area contributed by atoms with Gasteiger partial charge < -0.3 is 5.73 Å². The Morgan fingerprint density at radius 3 is 2.87 bits per heavy atom. The van der Waals surface area contributed by atoms with Crippen molar-refractivity contribution in [2.45, 2.75) is 13.3 Å². The number of nitrogens with two attached hydrogens (primary N) is 1. The molecule has 0 aliphatic rings. The molecule has 0 aliphatic heterocycles. The molecule has 0 radical (unpaired) electrons. The summed E-state index contributed by atoms with van der Waals surface area (Å²) in [5.74, 6) is 0.790. The van der Waals surface area contributed by atoms with Gasteiger partial charge in [-0.15, -0.1) is 0 Å². The van der Waals surface area contributed by atoms with Gasteiger partial charge in [0.05, 0.1) is 11.2 Å². The number of para-hydroxylation sites is 1. The first-order valence-corrected chi connectivity index (χ1v) is 5.63. The summed E-state index contributed by atoms with van der Waals surface area (Å²) in [6.07, 6.45) is 0.788. The molecule has 4 heteroatoms. The predicted molar refractivity (Wildman–Crippen MR) is 64.7 cm³/mol. The highest BCUT2D eigenvalue weighted by Crippen LogP contribution is 2.23. The Morgan fingerprint density at radius 2 is 2.13 bits per heavy atom. The maximum Gasteiger partial charge on any atom is 0.126 e. The fraction of sp³-hybridized carbons (Fsp3) is 0.273. The Kier molecular flexibility index (Phi) is 2.98. The molecule has 2 aromatic rings. The first-order chi connectivity index (χ1) is 7.22. The molecule has 15 heavy (non-hydrogen) atoms. The topological polar surface area (TPSA) is 51.8 Å². The van der Waals surface area contributed by atoms with Gasteiger partial charge in [0, 0.05) is 16.3 Å². The number of hydrogen-bond acceptors (Lipinski definition) is 3. The Labute approximate surface area is 96.9 Å². The highest BCUT2D eigenvalue weighted by atomic mass is 79.9. The van der Waals surface area contributed by atoms with E-state index in [1.54, 1.807) is 0 Å². The quantitative estimate of drug-likeness (QED) is 0.906. The monoisotopic (exact) mass is 265 g/mol. The van der Waals surface area contributed by atoms with Gasteiger partial charge in [-0.05, 0) is 35.5 Å². The second-order valence-corrected chi connectivity index (χ2v) is 4.25. The molecule has 0 spiro atoms. The van der Waals surface area contributed by atoms with Crippen LogP contribution in [0.3, 0.4) is 0 Å². The minimum absolute atomic E-state index is 0.609. The number of halogens is 1. The van der Waals surface area contributed by atoms with Gasteiger partial charge in [0.2, 0.25) is 0 Å². The van der Waals surface area contributed by atoms with Gasteiger partial charge in [0.1, 0.15) is 5.82 Å². The van der Waals surface area contributed by atoms with E-state index in [2.05, 4.69) is 25.9 Å². The number of rotatable bonds is 2. The summed E-state index contributed by atoms with van der Waals surface area (Å²) in [5.41, 5.74) is 7.56. The van der Waals surface area contributed by atoms with E-state index >= 15 is 0 Å². The number of aryl methyl sites for hydroxylation is 1. The second-order valence-electron chi connectivity index (χ2n) is 3.39. The van der Waals surface area contributed by atoms with Crippen LogP contribution in [0.25, 0.3) is 10.9 Å². The normalized spacial score (nSPS) is 10.9. The molecule has 78 valence electrons. The molecular weight excluding hydrogens is 254 g/mol. The Bertz CT molecular complexity index is 496. The van der Waals surface area contributed by atoms with Gasteiger partial charge in [-0.2, -0.15) is 0 Å². The lowest BCUT2D eigenvalue weighted by Crippen LogP contribution is -2.06. The molecule has 2 N–H and O–H groups in total. The van der Waals surface area contributed by atoms with Crippen molar-refractivity contribution in [1.29, 1.82) is 0 Å². The highest BCUT2D eigenvalue weighted by molar-refractivity contribution is 9.10. The molecule has 0 unspecified atom stereocenters. The van der Waals surface area contributed by atoms with Gasteiger partial charge in [0.15, 0.2) is 0 Å². The molecule has 0 aliphatic carbocycles. The molecule has 0 atom stereocenters. The van der Waals surface area contributed by atoms with Crippen LogP contribution in [0.15, 0.2) is 22.7 Å². The fourth-order valence-corrected chi connectivity index (χ4v) is 2.09. The summed E-state index contributed by atoms with van der Waals surface area (Å²) in [4.78, 5) is 8.84. The lowest BCUT2D eigenvalue weighted by atomic mass is 10.1. The number of fused-ring (bicyclic) bond motifs is 1. The van der Waals surface area contributed by atoms with Crippen molar-refractivity contribution in [2.75, 3.05) is 6.54 Å². The van der Waals surface area contributed by atoms with Crippen LogP contribution in [0.5, 0.6) is 0 Å². The van der Waals surface area contributed by atoms with Gasteiger partial charge in [-0.3, -0.25) is 0 Å². The van der Waals surface area contributed by atoms with Crippen molar-refractivity contribution in [1.82, 2.24) is 9.97 Å². The van der Waals surface area contributed by atoms with Gasteiger partial charge >= 0.3 is 0 Å². The minimum Gasteiger partial charge on any atom is -0.330 e. The predicted octanol–water partition coefficient (Wildman–Crippen LogP) is 2.20. The lowest BCUT2D eigenvalue weighted by molar-refractivity contribution is 0.907. The summed E-state index contributed by atoms with van der Waals surface area (Å²) in [7, 11) is 0. The number of aromatic nitrogens is 2. The first-order valence-electron chi connectivity index (χ1n) is 4.84. The van der Waals surface area contributed by atoms with E-state index < -0.39 is 0 Å². The molecule has 1 aromatic heterocycles. The smallest absolute Gasteiger partial charge is 0.126 e. The van der Waals surface area contributed by atoms with Crippen molar-refractivity contribution >= 4 is 26.8 Å². The van der Waals surface area contributed by atoms with Crippen LogP contribution >= 0.6 is 15.9 Å². The zero-order chi connectivity index (χ0) is 10.8. The Balaban J connectivity index is 2.74. The standard InChI is InChI=1S/C11H12BrN3/c1-7-14-10(5-6-13)8-3-2-4-9(12)11(8)15-7/h2-4H,5-6,13H2,1H3. The largest absolute Gasteiger partial charge is 0.330 e. The summed E-state index contributed by atoms with van der Waals surface area (Å²) < 4.78 is 1.00. The Morgan fingerprint density at radius 1 is 1.33 bits per heavy atom. The fourth-order valence-electron chi connectivity index (χ4n) is 1.63. The van der Waals surface area contributed by atoms with Crippen LogP contribution in [0.4, 0.5) is 0 Å². The van der Waals surface area contributed by atoms with Crippen LogP contribution in [0.2, 0.25) is 0 Å². The van der Waals surface area contributed by atoms with Gasteiger partial charge in [-0.25, -0.2) is 9.97 Å². The molecule has 3 nitrogen and oxygen atoms in total. The number of nitrogens with zero attached hydrogens (tertiary/aromatic N) is 2. The molecule has 0 saturated carbocycles. The average molecular weight is 266 g/mol. The van der Waals surface area contributed by atoms with E-state index in [1.165, 1.54) is 0 Å². The third-order valence-electron chi connectivity index (χ3n) is 2.25. The average Bonchev–Trinajstić information content (AvgIpc) is 2.20. The minimum atomic E-state index is 0.609. The summed E-state index contributed by atoms with van der Waals surface area (Å²) in [6, 6.07) is 6.01. The van der Waals surface area contributed by atoms with E-state index in [1.807, 2.05) is 25.1 Å². The van der Waals surface area contributed by atoms with Crippen molar-refractivity contribution < 1.29 is 0 Å². The third kappa shape index (κ3) is 2.01. The van der Waals surface area contributed by atoms with Crippen molar-refractivity contribution in [3.63, 3.8) is 0 Å². The molecular formula is C11H12BrN3. The zero-order valence-electron chi connectivity index (χ0n) is 8.50. The number of benzene rings is 1. The van der Waals surface area contributed by atoms with Crippen molar-refractivity contribution in [3.8, 4) is 0 Å². The van der Waals surface area contributed by atoms with E-state index in [9.17, 15) is 0 Å². The van der Waals surface area contributed by atoms with Gasteiger partial charge in [-0.1, -0.05) is 12.1 Å². The van der Waals surface area contributed by atoms with E-state index in [0.717, 1.165) is 33.3 Å². The zero-order valence-corrected chi connectivity index (χ0v) is 10.1. The summed E-state index contributed by atoms with van der Waals surface area (Å²) >= 11 is 3.49. The van der Waals surface area contributed by atoms with Crippen LogP contribution in [0.1, 0.15) is 11.5 Å². The molecule has 0 amide bonds. The second kappa shape index (κ2) is 4.24. The van der Waals surface area contributed by atoms with Crippen LogP contribution in [0, 0.1) is 6.92 Å². The summed E-state index contributed by atoms with van der Waals surface area (Å²) in [6.45, 7) is 2.51. The van der Waals surface area contributed by atoms with E-state index in [0.29, 0.717) is 6.54 Å². The van der Waals surface area contributed by atoms with Crippen molar-refractivity contribution in [2.24, 2.45) is 5.73 Å². The molecule has 0 saturated heterocycles. The van der Waals surface area contributed by atoms with Crippen LogP contribution in [-0.4, -0.2) is 16.5 Å². The maximum absolute atomic E-state index is 5.57. The van der Waals surface area contributed by atoms with Crippen molar-refractivity contribution in [3.05, 3.63) is 34.2 Å². The van der Waals surface area contributed by atoms with E-state index in [4.69, 9.17) is 5.73 Å². The molecule has 2 rings (SSSR count). The number of hydrogen-bond donors (Lipinski definition) is 1. The molecule has 0 fully saturated rings.